The molecule has 0 aliphatic heterocycles. The molecule has 4 atom stereocenters. The lowest BCUT2D eigenvalue weighted by atomic mass is 10.0. The molecule has 0 heterocycles. The predicted octanol–water partition coefficient (Wildman–Crippen LogP) is 0.916. The number of aliphatic hydroxyl groups is 5. The van der Waals surface area contributed by atoms with E-state index in [1.165, 1.54) is 12.1 Å². The van der Waals surface area contributed by atoms with Crippen molar-refractivity contribution in [3.8, 4) is 17.2 Å². The Labute approximate surface area is 212 Å². The van der Waals surface area contributed by atoms with Crippen molar-refractivity contribution in [2.45, 2.75) is 83.7 Å². The molecule has 6 N–H and O–H groups in total. The van der Waals surface area contributed by atoms with Gasteiger partial charge in [-0.15, -0.1) is 0 Å². The van der Waals surface area contributed by atoms with Crippen LogP contribution in [-0.4, -0.2) is 88.2 Å². The fourth-order valence-corrected chi connectivity index (χ4v) is 2.97. The first kappa shape index (κ1) is 31.6. The second-order valence-electron chi connectivity index (χ2n) is 8.40. The first-order valence-electron chi connectivity index (χ1n) is 12.5. The lowest BCUT2D eigenvalue weighted by Gasteiger charge is -2.24. The number of amides is 2. The van der Waals surface area contributed by atoms with Gasteiger partial charge in [0.2, 0.25) is 5.75 Å². The van der Waals surface area contributed by atoms with Crippen molar-refractivity contribution in [2.75, 3.05) is 26.4 Å². The summed E-state index contributed by atoms with van der Waals surface area (Å²) in [5.74, 6) is -1.32. The molecule has 1 aromatic carbocycles. The summed E-state index contributed by atoms with van der Waals surface area (Å²) < 4.78 is 17.6. The molecule has 1 aromatic rings. The number of carbonyl (C=O) groups is 2. The van der Waals surface area contributed by atoms with Crippen molar-refractivity contribution >= 4 is 11.8 Å². The third-order valence-electron chi connectivity index (χ3n) is 5.30. The molecule has 0 radical (unpaired) electrons. The summed E-state index contributed by atoms with van der Waals surface area (Å²) in [7, 11) is 0. The maximum Gasteiger partial charge on any atom is 0.258 e. The van der Waals surface area contributed by atoms with Crippen LogP contribution < -0.4 is 19.5 Å². The van der Waals surface area contributed by atoms with E-state index >= 15 is 0 Å². The van der Waals surface area contributed by atoms with Gasteiger partial charge in [-0.3, -0.25) is 14.9 Å². The Kier molecular flexibility index (Phi) is 15.0. The second kappa shape index (κ2) is 17.1. The first-order valence-corrected chi connectivity index (χ1v) is 12.5. The van der Waals surface area contributed by atoms with E-state index in [-0.39, 0.29) is 17.1 Å². The van der Waals surface area contributed by atoms with Gasteiger partial charge in [-0.1, -0.05) is 40.0 Å². The Morgan fingerprint density at radius 2 is 1.28 bits per heavy atom. The molecular formula is C25H41NO10. The zero-order chi connectivity index (χ0) is 27.1. The van der Waals surface area contributed by atoms with E-state index in [4.69, 9.17) is 19.3 Å². The maximum absolute atomic E-state index is 12.8. The quantitative estimate of drug-likeness (QED) is 0.154. The minimum Gasteiger partial charge on any atom is -0.490 e. The highest BCUT2D eigenvalue weighted by Crippen LogP contribution is 2.39. The van der Waals surface area contributed by atoms with Crippen LogP contribution in [0.5, 0.6) is 17.2 Å². The van der Waals surface area contributed by atoms with Crippen molar-refractivity contribution in [3.63, 3.8) is 0 Å². The number of hydrogen-bond acceptors (Lipinski definition) is 10. The van der Waals surface area contributed by atoms with Crippen LogP contribution in [0, 0.1) is 0 Å². The summed E-state index contributed by atoms with van der Waals surface area (Å²) in [4.78, 5) is 25.2. The van der Waals surface area contributed by atoms with Crippen LogP contribution in [0.3, 0.4) is 0 Å². The van der Waals surface area contributed by atoms with E-state index in [9.17, 15) is 30.0 Å². The molecule has 0 aromatic heterocycles. The summed E-state index contributed by atoms with van der Waals surface area (Å²) in [5.41, 5.74) is -0.0122. The van der Waals surface area contributed by atoms with Gasteiger partial charge < -0.3 is 39.7 Å². The molecule has 36 heavy (non-hydrogen) atoms. The van der Waals surface area contributed by atoms with Crippen LogP contribution in [0.1, 0.15) is 69.7 Å². The molecule has 11 heteroatoms. The number of rotatable bonds is 18. The topological polar surface area (TPSA) is 175 Å². The average molecular weight is 516 g/mol. The highest BCUT2D eigenvalue weighted by atomic mass is 16.5. The van der Waals surface area contributed by atoms with E-state index in [1.807, 2.05) is 26.1 Å². The molecule has 11 nitrogen and oxygen atoms in total. The van der Waals surface area contributed by atoms with Crippen molar-refractivity contribution < 1.29 is 49.3 Å². The van der Waals surface area contributed by atoms with E-state index in [0.29, 0.717) is 25.6 Å². The molecule has 0 fully saturated rings. The fraction of sp³-hybridized carbons (Fsp3) is 0.680. The number of hydrogen-bond donors (Lipinski definition) is 6. The Morgan fingerprint density at radius 3 is 1.72 bits per heavy atom. The standard InChI is InChI=1S/C25H41NO10/c1-4-7-10-34-18-13-16(14-19(35-11-8-5-2)23(18)36-12-9-6-3)24(32)26-25(33)22(31)21(30)20(29)17(28)15-27/h13-14,17,20-22,27-31H,4-12,15H2,1-3H3,(H,26,32,33)/t17-,20-,21+,22-/m0/s1. The Bertz CT molecular complexity index is 772. The van der Waals surface area contributed by atoms with Crippen LogP contribution in [0.2, 0.25) is 0 Å². The van der Waals surface area contributed by atoms with Gasteiger partial charge in [0.05, 0.1) is 26.4 Å². The van der Waals surface area contributed by atoms with Crippen LogP contribution in [0.15, 0.2) is 12.1 Å². The number of carbonyl (C=O) groups excluding carboxylic acids is 2. The molecule has 0 aliphatic rings. The van der Waals surface area contributed by atoms with E-state index in [0.717, 1.165) is 38.5 Å². The van der Waals surface area contributed by atoms with Crippen LogP contribution in [0.25, 0.3) is 0 Å². The molecule has 1 rings (SSSR count). The van der Waals surface area contributed by atoms with Gasteiger partial charge in [0.25, 0.3) is 11.8 Å². The molecule has 0 spiro atoms. The molecule has 0 aliphatic carbocycles. The SMILES string of the molecule is CCCCOc1cc(C(=O)NC(=O)[C@@H](O)[C@H](O)[C@@H](O)[C@@H](O)CO)cc(OCCCC)c1OCCCC. The minimum atomic E-state index is -2.25. The number of nitrogens with one attached hydrogen (secondary N) is 1. The van der Waals surface area contributed by atoms with Gasteiger partial charge in [-0.2, -0.15) is 0 Å². The van der Waals surface area contributed by atoms with Crippen molar-refractivity contribution in [2.24, 2.45) is 0 Å². The maximum atomic E-state index is 12.8. The Hall–Kier alpha value is -2.44. The number of unbranched alkanes of at least 4 members (excludes halogenated alkanes) is 3. The third-order valence-corrected chi connectivity index (χ3v) is 5.30. The van der Waals surface area contributed by atoms with Gasteiger partial charge in [-0.25, -0.2) is 0 Å². The van der Waals surface area contributed by atoms with Crippen molar-refractivity contribution in [1.82, 2.24) is 5.32 Å². The number of imide groups is 1. The number of aliphatic hydroxyl groups excluding tert-OH is 5. The van der Waals surface area contributed by atoms with Gasteiger partial charge in [0.15, 0.2) is 17.6 Å². The van der Waals surface area contributed by atoms with Crippen molar-refractivity contribution in [1.29, 1.82) is 0 Å². The number of ether oxygens (including phenoxy) is 3. The van der Waals surface area contributed by atoms with Gasteiger partial charge >= 0.3 is 0 Å². The van der Waals surface area contributed by atoms with Crippen molar-refractivity contribution in [3.05, 3.63) is 17.7 Å². The van der Waals surface area contributed by atoms with Gasteiger partial charge in [-0.05, 0) is 31.4 Å². The zero-order valence-corrected chi connectivity index (χ0v) is 21.3. The molecule has 0 saturated heterocycles. The van der Waals surface area contributed by atoms with E-state index in [1.54, 1.807) is 0 Å². The summed E-state index contributed by atoms with van der Waals surface area (Å²) in [6.07, 6.45) is -3.17. The highest BCUT2D eigenvalue weighted by molar-refractivity contribution is 6.06. The van der Waals surface area contributed by atoms with Crippen LogP contribution in [0.4, 0.5) is 0 Å². The normalized spacial score (nSPS) is 14.4. The fourth-order valence-electron chi connectivity index (χ4n) is 2.97. The lowest BCUT2D eigenvalue weighted by molar-refractivity contribution is -0.148. The van der Waals surface area contributed by atoms with Gasteiger partial charge in [0, 0.05) is 5.56 Å². The predicted molar refractivity (Wildman–Crippen MR) is 131 cm³/mol. The van der Waals surface area contributed by atoms with Gasteiger partial charge in [0.1, 0.15) is 18.3 Å². The summed E-state index contributed by atoms with van der Waals surface area (Å²) >= 11 is 0. The van der Waals surface area contributed by atoms with E-state index in [2.05, 4.69) is 0 Å². The summed E-state index contributed by atoms with van der Waals surface area (Å²) in [6.45, 7) is 6.30. The Balaban J connectivity index is 3.20. The molecular weight excluding hydrogens is 474 g/mol. The minimum absolute atomic E-state index is 0.0122. The van der Waals surface area contributed by atoms with Crippen LogP contribution >= 0.6 is 0 Å². The number of benzene rings is 1. The Morgan fingerprint density at radius 1 is 0.806 bits per heavy atom. The smallest absolute Gasteiger partial charge is 0.258 e. The summed E-state index contributed by atoms with van der Waals surface area (Å²) in [6, 6.07) is 2.80. The molecule has 206 valence electrons. The third kappa shape index (κ3) is 9.90. The molecule has 0 saturated carbocycles. The molecule has 2 amide bonds. The van der Waals surface area contributed by atoms with E-state index < -0.39 is 42.8 Å². The second-order valence-corrected chi connectivity index (χ2v) is 8.40. The average Bonchev–Trinajstić information content (AvgIpc) is 2.87. The zero-order valence-electron chi connectivity index (χ0n) is 21.3. The lowest BCUT2D eigenvalue weighted by Crippen LogP contribution is -2.52. The molecule has 0 unspecified atom stereocenters. The highest BCUT2D eigenvalue weighted by Gasteiger charge is 2.35. The monoisotopic (exact) mass is 515 g/mol. The van der Waals surface area contributed by atoms with Crippen LogP contribution in [-0.2, 0) is 4.79 Å². The largest absolute Gasteiger partial charge is 0.490 e. The molecule has 0 bridgehead atoms. The first-order chi connectivity index (χ1) is 17.2. The summed E-state index contributed by atoms with van der Waals surface area (Å²) in [5, 5.41) is 49.9.